The maximum atomic E-state index is 10.7. The molecule has 0 radical (unpaired) electrons. The molecule has 1 aromatic carbocycles. The van der Waals surface area contributed by atoms with Crippen LogP contribution in [-0.4, -0.2) is 22.2 Å². The van der Waals surface area contributed by atoms with Crippen LogP contribution in [0.1, 0.15) is 11.5 Å². The van der Waals surface area contributed by atoms with E-state index in [4.69, 9.17) is 10.2 Å². The monoisotopic (exact) mass is 226 g/mol. The largest absolute Gasteiger partial charge is 0.480 e. The second-order valence-corrected chi connectivity index (χ2v) is 3.42. The summed E-state index contributed by atoms with van der Waals surface area (Å²) >= 11 is 0. The minimum absolute atomic E-state index is 0.0363. The summed E-state index contributed by atoms with van der Waals surface area (Å²) in [7, 11) is -0.394. The molecule has 0 unspecified atom stereocenters. The van der Waals surface area contributed by atoms with Gasteiger partial charge in [-0.25, -0.2) is 0 Å². The van der Waals surface area contributed by atoms with Gasteiger partial charge in [-0.3, -0.25) is 14.2 Å². The second kappa shape index (κ2) is 4.66. The van der Waals surface area contributed by atoms with Crippen molar-refractivity contribution in [1.82, 2.24) is 0 Å². The third kappa shape index (κ3) is 2.39. The van der Waals surface area contributed by atoms with E-state index in [0.29, 0.717) is 0 Å². The predicted octanol–water partition coefficient (Wildman–Crippen LogP) is 0.856. The molecular formula is C9H7O5P. The lowest BCUT2D eigenvalue weighted by molar-refractivity contribution is -0.149. The Kier molecular flexibility index (Phi) is 3.52. The number of carbonyl (C=O) groups is 2. The van der Waals surface area contributed by atoms with Crippen LogP contribution in [-0.2, 0) is 14.2 Å². The molecule has 0 aromatic heterocycles. The highest BCUT2D eigenvalue weighted by atomic mass is 31.1. The number of benzene rings is 1. The van der Waals surface area contributed by atoms with E-state index in [1.54, 1.807) is 6.07 Å². The third-order valence-electron chi connectivity index (χ3n) is 1.84. The van der Waals surface area contributed by atoms with Crippen LogP contribution in [0.3, 0.4) is 0 Å². The van der Waals surface area contributed by atoms with Crippen LogP contribution in [0, 0.1) is 0 Å². The first-order chi connectivity index (χ1) is 7.07. The fourth-order valence-corrected chi connectivity index (χ4v) is 1.64. The Labute approximate surface area is 86.6 Å². The Balaban J connectivity index is 3.28. The zero-order valence-corrected chi connectivity index (χ0v) is 8.35. The van der Waals surface area contributed by atoms with Gasteiger partial charge < -0.3 is 10.2 Å². The summed E-state index contributed by atoms with van der Waals surface area (Å²) in [5.74, 6) is -4.63. The molecular weight excluding hydrogens is 219 g/mol. The molecule has 2 N–H and O–H groups in total. The van der Waals surface area contributed by atoms with E-state index >= 15 is 0 Å². The molecule has 0 spiro atoms. The number of aliphatic carboxylic acids is 2. The van der Waals surface area contributed by atoms with Gasteiger partial charge in [0.2, 0.25) is 0 Å². The van der Waals surface area contributed by atoms with Gasteiger partial charge in [0.05, 0.1) is 0 Å². The van der Waals surface area contributed by atoms with E-state index in [9.17, 15) is 14.2 Å². The summed E-state index contributed by atoms with van der Waals surface area (Å²) in [6, 6.07) is 5.82. The van der Waals surface area contributed by atoms with E-state index in [0.717, 1.165) is 0 Å². The lowest BCUT2D eigenvalue weighted by atomic mass is 10.00. The highest BCUT2D eigenvalue weighted by Gasteiger charge is 2.29. The maximum Gasteiger partial charge on any atom is 0.322 e. The van der Waals surface area contributed by atoms with Gasteiger partial charge in [-0.05, 0) is 11.6 Å². The standard InChI is InChI=1S/C9H7O5P/c10-8(11)7(9(12)13)5-3-1-2-4-6(5)15-14/h1-4,7H,(H,10,11)(H,12,13). The minimum Gasteiger partial charge on any atom is -0.480 e. The summed E-state index contributed by atoms with van der Waals surface area (Å²) < 4.78 is 10.7. The van der Waals surface area contributed by atoms with Crippen molar-refractivity contribution in [3.63, 3.8) is 0 Å². The van der Waals surface area contributed by atoms with Crippen molar-refractivity contribution >= 4 is 25.7 Å². The third-order valence-corrected chi connectivity index (χ3v) is 2.44. The molecule has 0 aliphatic rings. The first kappa shape index (κ1) is 11.3. The van der Waals surface area contributed by atoms with Gasteiger partial charge in [-0.15, -0.1) is 0 Å². The first-order valence-corrected chi connectivity index (χ1v) is 4.77. The SMILES string of the molecule is O=Pc1ccccc1C(C(=O)O)C(=O)O. The molecule has 6 heteroatoms. The molecule has 1 aromatic rings. The summed E-state index contributed by atoms with van der Waals surface area (Å²) in [5, 5.41) is 17.6. The number of hydrogen-bond acceptors (Lipinski definition) is 3. The smallest absolute Gasteiger partial charge is 0.322 e. The van der Waals surface area contributed by atoms with Gasteiger partial charge in [0, 0.05) is 5.30 Å². The Bertz CT molecular complexity index is 401. The van der Waals surface area contributed by atoms with Gasteiger partial charge in [0.15, 0.2) is 14.4 Å². The van der Waals surface area contributed by atoms with Gasteiger partial charge >= 0.3 is 11.9 Å². The second-order valence-electron chi connectivity index (χ2n) is 2.76. The molecule has 78 valence electrons. The van der Waals surface area contributed by atoms with E-state index in [1.807, 2.05) is 0 Å². The molecule has 5 nitrogen and oxygen atoms in total. The Morgan fingerprint density at radius 1 is 1.13 bits per heavy atom. The van der Waals surface area contributed by atoms with Crippen LogP contribution in [0.4, 0.5) is 0 Å². The van der Waals surface area contributed by atoms with E-state index in [-0.39, 0.29) is 10.9 Å². The molecule has 0 aliphatic carbocycles. The first-order valence-electron chi connectivity index (χ1n) is 3.96. The number of carboxylic acid groups (broad SMARTS) is 2. The molecule has 0 aliphatic heterocycles. The lowest BCUT2D eigenvalue weighted by Gasteiger charge is -2.08. The van der Waals surface area contributed by atoms with Crippen LogP contribution in [0.15, 0.2) is 24.3 Å². The molecule has 0 bridgehead atoms. The zero-order valence-electron chi connectivity index (χ0n) is 7.45. The molecule has 0 amide bonds. The molecule has 0 saturated heterocycles. The Hall–Kier alpha value is -1.74. The van der Waals surface area contributed by atoms with E-state index < -0.39 is 26.3 Å². The number of carboxylic acids is 2. The fraction of sp³-hybridized carbons (Fsp3) is 0.111. The molecule has 0 saturated carbocycles. The average molecular weight is 226 g/mol. The van der Waals surface area contributed by atoms with Crippen molar-refractivity contribution in [3.05, 3.63) is 29.8 Å². The van der Waals surface area contributed by atoms with Crippen molar-refractivity contribution in [2.45, 2.75) is 5.92 Å². The summed E-state index contributed by atoms with van der Waals surface area (Å²) in [6.07, 6.45) is 0. The van der Waals surface area contributed by atoms with Crippen LogP contribution >= 0.6 is 8.46 Å². The normalized spacial score (nSPS) is 10.5. The maximum absolute atomic E-state index is 10.7. The van der Waals surface area contributed by atoms with Crippen molar-refractivity contribution < 1.29 is 24.4 Å². The average Bonchev–Trinajstić information content (AvgIpc) is 2.17. The Morgan fingerprint density at radius 3 is 2.13 bits per heavy atom. The predicted molar refractivity (Wildman–Crippen MR) is 51.7 cm³/mol. The van der Waals surface area contributed by atoms with Crippen LogP contribution in [0.5, 0.6) is 0 Å². The fourth-order valence-electron chi connectivity index (χ4n) is 1.19. The summed E-state index contributed by atoms with van der Waals surface area (Å²) in [5.41, 5.74) is 0.0363. The van der Waals surface area contributed by atoms with Gasteiger partial charge in [-0.2, -0.15) is 0 Å². The number of rotatable bonds is 4. The summed E-state index contributed by atoms with van der Waals surface area (Å²) in [4.78, 5) is 21.4. The van der Waals surface area contributed by atoms with Crippen molar-refractivity contribution in [3.8, 4) is 0 Å². The van der Waals surface area contributed by atoms with Crippen molar-refractivity contribution in [2.24, 2.45) is 0 Å². The van der Waals surface area contributed by atoms with Crippen LogP contribution < -0.4 is 5.30 Å². The quantitative estimate of drug-likeness (QED) is 0.586. The topological polar surface area (TPSA) is 91.7 Å². The molecule has 1 rings (SSSR count). The lowest BCUT2D eigenvalue weighted by Crippen LogP contribution is -2.24. The van der Waals surface area contributed by atoms with Crippen LogP contribution in [0.25, 0.3) is 0 Å². The van der Waals surface area contributed by atoms with Gasteiger partial charge in [0.1, 0.15) is 0 Å². The molecule has 0 atom stereocenters. The van der Waals surface area contributed by atoms with Gasteiger partial charge in [0.25, 0.3) is 0 Å². The number of hydrogen-bond donors (Lipinski definition) is 2. The molecule has 15 heavy (non-hydrogen) atoms. The van der Waals surface area contributed by atoms with Crippen molar-refractivity contribution in [1.29, 1.82) is 0 Å². The van der Waals surface area contributed by atoms with Crippen molar-refractivity contribution in [2.75, 3.05) is 0 Å². The Morgan fingerprint density at radius 2 is 1.67 bits per heavy atom. The highest BCUT2D eigenvalue weighted by Crippen LogP contribution is 2.17. The zero-order chi connectivity index (χ0) is 11.4. The summed E-state index contributed by atoms with van der Waals surface area (Å²) in [6.45, 7) is 0. The molecule has 0 fully saturated rings. The van der Waals surface area contributed by atoms with E-state index in [2.05, 4.69) is 0 Å². The highest BCUT2D eigenvalue weighted by molar-refractivity contribution is 7.34. The minimum atomic E-state index is -1.68. The van der Waals surface area contributed by atoms with Gasteiger partial charge in [-0.1, -0.05) is 18.2 Å². The van der Waals surface area contributed by atoms with Crippen LogP contribution in [0.2, 0.25) is 0 Å². The molecule has 0 heterocycles. The van der Waals surface area contributed by atoms with E-state index in [1.165, 1.54) is 18.2 Å².